The Morgan fingerprint density at radius 2 is 2.29 bits per heavy atom. The minimum absolute atomic E-state index is 0.0967. The molecule has 0 saturated carbocycles. The summed E-state index contributed by atoms with van der Waals surface area (Å²) in [7, 11) is 0. The number of benzene rings is 1. The molecule has 0 aliphatic carbocycles. The number of primary amides is 1. The fourth-order valence-electron chi connectivity index (χ4n) is 1.04. The van der Waals surface area contributed by atoms with Crippen LogP contribution in [0.25, 0.3) is 6.08 Å². The first kappa shape index (κ1) is 10.7. The highest BCUT2D eigenvalue weighted by Crippen LogP contribution is 2.18. The normalized spacial score (nSPS) is 10.6. The van der Waals surface area contributed by atoms with Crippen molar-refractivity contribution < 1.29 is 9.90 Å². The van der Waals surface area contributed by atoms with Crippen molar-refractivity contribution in [3.8, 4) is 5.75 Å². The van der Waals surface area contributed by atoms with E-state index in [1.807, 2.05) is 6.08 Å². The lowest BCUT2D eigenvalue weighted by atomic mass is 10.1. The molecule has 0 bridgehead atoms. The van der Waals surface area contributed by atoms with Crippen LogP contribution < -0.4 is 5.73 Å². The van der Waals surface area contributed by atoms with Gasteiger partial charge in [-0.05, 0) is 17.7 Å². The van der Waals surface area contributed by atoms with Crippen LogP contribution in [-0.2, 0) is 0 Å². The van der Waals surface area contributed by atoms with Crippen LogP contribution >= 0.6 is 12.6 Å². The second-order valence-corrected chi connectivity index (χ2v) is 3.09. The van der Waals surface area contributed by atoms with Gasteiger partial charge in [0.15, 0.2) is 0 Å². The summed E-state index contributed by atoms with van der Waals surface area (Å²) in [5, 5.41) is 9.29. The lowest BCUT2D eigenvalue weighted by Gasteiger charge is -2.01. The van der Waals surface area contributed by atoms with Crippen LogP contribution in [0.3, 0.4) is 0 Å². The third-order valence-corrected chi connectivity index (χ3v) is 1.91. The predicted octanol–water partition coefficient (Wildman–Crippen LogP) is 1.43. The Morgan fingerprint density at radius 1 is 1.57 bits per heavy atom. The van der Waals surface area contributed by atoms with Gasteiger partial charge >= 0.3 is 0 Å². The maximum atomic E-state index is 10.9. The summed E-state index contributed by atoms with van der Waals surface area (Å²) in [5.41, 5.74) is 6.02. The molecule has 0 heterocycles. The number of nitrogens with two attached hydrogens (primary N) is 1. The first-order valence-electron chi connectivity index (χ1n) is 4.05. The van der Waals surface area contributed by atoms with E-state index in [1.54, 1.807) is 12.1 Å². The molecule has 14 heavy (non-hydrogen) atoms. The molecule has 0 aliphatic heterocycles. The highest BCUT2D eigenvalue weighted by Gasteiger charge is 2.06. The maximum Gasteiger partial charge on any atom is 0.252 e. The van der Waals surface area contributed by atoms with E-state index < -0.39 is 5.91 Å². The fraction of sp³-hybridized carbons (Fsp3) is 0.100. The SMILES string of the molecule is NC(=O)c1cc(C=CCS)ccc1O. The second-order valence-electron chi connectivity index (χ2n) is 2.73. The summed E-state index contributed by atoms with van der Waals surface area (Å²) in [5.74, 6) is -0.114. The van der Waals surface area contributed by atoms with Gasteiger partial charge in [0.25, 0.3) is 5.91 Å². The lowest BCUT2D eigenvalue weighted by Crippen LogP contribution is -2.11. The van der Waals surface area contributed by atoms with E-state index in [9.17, 15) is 9.90 Å². The summed E-state index contributed by atoms with van der Waals surface area (Å²) >= 11 is 4.01. The molecule has 0 saturated heterocycles. The van der Waals surface area contributed by atoms with E-state index in [4.69, 9.17) is 5.73 Å². The Bertz CT molecular complexity index is 374. The summed E-state index contributed by atoms with van der Waals surface area (Å²) < 4.78 is 0. The lowest BCUT2D eigenvalue weighted by molar-refractivity contribution is 0.0998. The van der Waals surface area contributed by atoms with Crippen LogP contribution in [-0.4, -0.2) is 16.8 Å². The van der Waals surface area contributed by atoms with Crippen molar-refractivity contribution >= 4 is 24.6 Å². The van der Waals surface area contributed by atoms with E-state index in [0.29, 0.717) is 5.75 Å². The van der Waals surface area contributed by atoms with Crippen LogP contribution in [0.2, 0.25) is 0 Å². The molecule has 0 aromatic heterocycles. The molecule has 1 aromatic rings. The molecular weight excluding hydrogens is 198 g/mol. The maximum absolute atomic E-state index is 10.9. The standard InChI is InChI=1S/C10H11NO2S/c11-10(13)8-6-7(2-1-5-14)3-4-9(8)12/h1-4,6,12,14H,5H2,(H2,11,13). The van der Waals surface area contributed by atoms with Gasteiger partial charge in [-0.1, -0.05) is 18.2 Å². The van der Waals surface area contributed by atoms with Gasteiger partial charge in [0.2, 0.25) is 0 Å². The third-order valence-electron chi connectivity index (χ3n) is 1.70. The monoisotopic (exact) mass is 209 g/mol. The van der Waals surface area contributed by atoms with Crippen molar-refractivity contribution in [3.05, 3.63) is 35.4 Å². The van der Waals surface area contributed by atoms with E-state index >= 15 is 0 Å². The molecule has 1 amide bonds. The van der Waals surface area contributed by atoms with Crippen molar-refractivity contribution in [2.45, 2.75) is 0 Å². The molecule has 0 spiro atoms. The molecule has 0 fully saturated rings. The summed E-state index contributed by atoms with van der Waals surface area (Å²) in [6, 6.07) is 4.68. The summed E-state index contributed by atoms with van der Waals surface area (Å²) in [4.78, 5) is 10.9. The highest BCUT2D eigenvalue weighted by molar-refractivity contribution is 7.80. The van der Waals surface area contributed by atoms with Gasteiger partial charge in [-0.15, -0.1) is 0 Å². The summed E-state index contributed by atoms with van der Waals surface area (Å²) in [6.07, 6.45) is 3.64. The molecule has 3 N–H and O–H groups in total. The minimum Gasteiger partial charge on any atom is -0.507 e. The average Bonchev–Trinajstić information content (AvgIpc) is 2.16. The van der Waals surface area contributed by atoms with Crippen LogP contribution in [0.5, 0.6) is 5.75 Å². The number of phenols is 1. The molecule has 0 aliphatic rings. The molecule has 0 unspecified atom stereocenters. The number of hydrogen-bond acceptors (Lipinski definition) is 3. The quantitative estimate of drug-likeness (QED) is 0.659. The van der Waals surface area contributed by atoms with Gasteiger partial charge in [0.05, 0.1) is 5.56 Å². The van der Waals surface area contributed by atoms with E-state index in [2.05, 4.69) is 12.6 Å². The molecule has 1 rings (SSSR count). The largest absolute Gasteiger partial charge is 0.507 e. The zero-order valence-electron chi connectivity index (χ0n) is 7.47. The molecule has 0 atom stereocenters. The van der Waals surface area contributed by atoms with Crippen LogP contribution in [0, 0.1) is 0 Å². The van der Waals surface area contributed by atoms with Gasteiger partial charge < -0.3 is 10.8 Å². The van der Waals surface area contributed by atoms with Crippen molar-refractivity contribution in [2.24, 2.45) is 5.73 Å². The van der Waals surface area contributed by atoms with Crippen molar-refractivity contribution in [1.29, 1.82) is 0 Å². The number of carbonyl (C=O) groups is 1. The van der Waals surface area contributed by atoms with Gasteiger partial charge in [0, 0.05) is 5.75 Å². The molecule has 3 nitrogen and oxygen atoms in total. The average molecular weight is 209 g/mol. The number of aromatic hydroxyl groups is 1. The van der Waals surface area contributed by atoms with Crippen LogP contribution in [0.4, 0.5) is 0 Å². The van der Waals surface area contributed by atoms with Crippen molar-refractivity contribution in [3.63, 3.8) is 0 Å². The third kappa shape index (κ3) is 2.53. The van der Waals surface area contributed by atoms with E-state index in [1.165, 1.54) is 12.1 Å². The van der Waals surface area contributed by atoms with Gasteiger partial charge in [-0.25, -0.2) is 0 Å². The van der Waals surface area contributed by atoms with E-state index in [-0.39, 0.29) is 11.3 Å². The van der Waals surface area contributed by atoms with Crippen molar-refractivity contribution in [2.75, 3.05) is 5.75 Å². The molecule has 0 radical (unpaired) electrons. The molecular formula is C10H11NO2S. The smallest absolute Gasteiger partial charge is 0.252 e. The zero-order chi connectivity index (χ0) is 10.6. The Balaban J connectivity index is 3.06. The zero-order valence-corrected chi connectivity index (χ0v) is 8.37. The molecule has 1 aromatic carbocycles. The number of carbonyl (C=O) groups excluding carboxylic acids is 1. The van der Waals surface area contributed by atoms with Gasteiger partial charge in [0.1, 0.15) is 5.75 Å². The number of thiol groups is 1. The number of rotatable bonds is 3. The summed E-state index contributed by atoms with van der Waals surface area (Å²) in [6.45, 7) is 0. The first-order chi connectivity index (χ1) is 6.65. The Labute approximate surface area is 87.7 Å². The van der Waals surface area contributed by atoms with Crippen LogP contribution in [0.1, 0.15) is 15.9 Å². The first-order valence-corrected chi connectivity index (χ1v) is 4.68. The Kier molecular flexibility index (Phi) is 3.59. The number of hydrogen-bond donors (Lipinski definition) is 3. The predicted molar refractivity (Wildman–Crippen MR) is 59.5 cm³/mol. The second kappa shape index (κ2) is 4.72. The number of amides is 1. The molecule has 74 valence electrons. The minimum atomic E-state index is -0.636. The van der Waals surface area contributed by atoms with Crippen LogP contribution in [0.15, 0.2) is 24.3 Å². The van der Waals surface area contributed by atoms with E-state index in [0.717, 1.165) is 5.56 Å². The Morgan fingerprint density at radius 3 is 2.86 bits per heavy atom. The van der Waals surface area contributed by atoms with Crippen molar-refractivity contribution in [1.82, 2.24) is 0 Å². The highest BCUT2D eigenvalue weighted by atomic mass is 32.1. The topological polar surface area (TPSA) is 63.3 Å². The van der Waals surface area contributed by atoms with Gasteiger partial charge in [-0.2, -0.15) is 12.6 Å². The molecule has 4 heteroatoms. The Hall–Kier alpha value is -1.42. The fourth-order valence-corrected chi connectivity index (χ4v) is 1.15. The van der Waals surface area contributed by atoms with Gasteiger partial charge in [-0.3, -0.25) is 4.79 Å².